The zero-order valence-corrected chi connectivity index (χ0v) is 11.9. The molecule has 0 spiro atoms. The summed E-state index contributed by atoms with van der Waals surface area (Å²) in [4.78, 5) is 12.9. The number of nitro groups is 1. The van der Waals surface area contributed by atoms with Crippen molar-refractivity contribution in [3.8, 4) is 0 Å². The molecule has 0 aromatic heterocycles. The Kier molecular flexibility index (Phi) is 4.64. The highest BCUT2D eigenvalue weighted by molar-refractivity contribution is 6.17. The molecule has 0 bridgehead atoms. The molecule has 5 heteroatoms. The Morgan fingerprint density at radius 2 is 2.21 bits per heavy atom. The van der Waals surface area contributed by atoms with Gasteiger partial charge in [0.1, 0.15) is 0 Å². The van der Waals surface area contributed by atoms with E-state index in [0.29, 0.717) is 11.6 Å². The molecule has 2 rings (SSSR count). The molecule has 4 nitrogen and oxygen atoms in total. The quantitative estimate of drug-likeness (QED) is 0.430. The number of nitrogens with zero attached hydrogens (tertiary/aromatic N) is 2. The molecule has 0 atom stereocenters. The Balaban J connectivity index is 2.24. The van der Waals surface area contributed by atoms with Crippen LogP contribution < -0.4 is 4.90 Å². The third-order valence-corrected chi connectivity index (χ3v) is 3.76. The van der Waals surface area contributed by atoms with Crippen LogP contribution >= 0.6 is 11.6 Å². The highest BCUT2D eigenvalue weighted by Gasteiger charge is 2.29. The highest BCUT2D eigenvalue weighted by Crippen LogP contribution is 2.34. The molecule has 19 heavy (non-hydrogen) atoms. The van der Waals surface area contributed by atoms with Crippen LogP contribution in [0.1, 0.15) is 38.2 Å². The van der Waals surface area contributed by atoms with Gasteiger partial charge in [0.25, 0.3) is 5.69 Å². The van der Waals surface area contributed by atoms with Crippen LogP contribution in [0.25, 0.3) is 0 Å². The lowest BCUT2D eigenvalue weighted by molar-refractivity contribution is -0.385. The Bertz CT molecular complexity index is 461. The molecule has 1 saturated carbocycles. The first-order chi connectivity index (χ1) is 9.17. The van der Waals surface area contributed by atoms with E-state index >= 15 is 0 Å². The van der Waals surface area contributed by atoms with E-state index < -0.39 is 0 Å². The summed E-state index contributed by atoms with van der Waals surface area (Å²) in [6, 6.07) is 5.91. The number of hydrogen-bond donors (Lipinski definition) is 0. The van der Waals surface area contributed by atoms with E-state index in [2.05, 4.69) is 11.8 Å². The number of unbranched alkanes of at least 4 members (excludes halogenated alkanes) is 1. The third kappa shape index (κ3) is 3.38. The van der Waals surface area contributed by atoms with Crippen molar-refractivity contribution in [3.63, 3.8) is 0 Å². The third-order valence-electron chi connectivity index (χ3n) is 3.48. The van der Waals surface area contributed by atoms with Gasteiger partial charge in [0.15, 0.2) is 0 Å². The summed E-state index contributed by atoms with van der Waals surface area (Å²) in [6.07, 6.45) is 4.73. The minimum Gasteiger partial charge on any atom is -0.369 e. The van der Waals surface area contributed by atoms with Gasteiger partial charge < -0.3 is 4.90 Å². The van der Waals surface area contributed by atoms with Crippen LogP contribution in [0.5, 0.6) is 0 Å². The molecule has 1 aliphatic rings. The molecule has 0 N–H and O–H groups in total. The molecule has 0 saturated heterocycles. The lowest BCUT2D eigenvalue weighted by Crippen LogP contribution is -2.26. The summed E-state index contributed by atoms with van der Waals surface area (Å²) in [5, 5.41) is 10.9. The van der Waals surface area contributed by atoms with Gasteiger partial charge in [0, 0.05) is 29.9 Å². The number of nitro benzene ring substituents is 1. The van der Waals surface area contributed by atoms with Crippen molar-refractivity contribution in [2.75, 3.05) is 11.4 Å². The average molecular weight is 283 g/mol. The minimum absolute atomic E-state index is 0.116. The van der Waals surface area contributed by atoms with Gasteiger partial charge in [-0.1, -0.05) is 13.3 Å². The van der Waals surface area contributed by atoms with Gasteiger partial charge in [0.2, 0.25) is 0 Å². The fourth-order valence-electron chi connectivity index (χ4n) is 2.27. The normalized spacial score (nSPS) is 14.4. The van der Waals surface area contributed by atoms with Crippen LogP contribution in [0.3, 0.4) is 0 Å². The Morgan fingerprint density at radius 3 is 2.74 bits per heavy atom. The van der Waals surface area contributed by atoms with Gasteiger partial charge in [0.05, 0.1) is 10.8 Å². The number of alkyl halides is 1. The summed E-state index contributed by atoms with van der Waals surface area (Å²) >= 11 is 5.83. The zero-order valence-electron chi connectivity index (χ0n) is 11.1. The molecule has 1 aliphatic carbocycles. The molecule has 0 aliphatic heterocycles. The number of benzene rings is 1. The van der Waals surface area contributed by atoms with Crippen molar-refractivity contribution in [1.29, 1.82) is 0 Å². The van der Waals surface area contributed by atoms with E-state index in [9.17, 15) is 10.1 Å². The molecular weight excluding hydrogens is 264 g/mol. The van der Waals surface area contributed by atoms with Gasteiger partial charge in [-0.15, -0.1) is 11.6 Å². The fourth-order valence-corrected chi connectivity index (χ4v) is 2.49. The van der Waals surface area contributed by atoms with Crippen LogP contribution in [0.15, 0.2) is 18.2 Å². The lowest BCUT2D eigenvalue weighted by atomic mass is 10.1. The molecule has 1 aromatic rings. The molecule has 1 fully saturated rings. The number of rotatable bonds is 7. The van der Waals surface area contributed by atoms with Crippen molar-refractivity contribution in [2.24, 2.45) is 0 Å². The maximum atomic E-state index is 10.9. The topological polar surface area (TPSA) is 46.4 Å². The Labute approximate surface area is 118 Å². The van der Waals surface area contributed by atoms with E-state index in [0.717, 1.165) is 25.1 Å². The maximum absolute atomic E-state index is 10.9. The first kappa shape index (κ1) is 14.1. The molecule has 0 heterocycles. The van der Waals surface area contributed by atoms with Crippen molar-refractivity contribution >= 4 is 23.0 Å². The van der Waals surface area contributed by atoms with Gasteiger partial charge in [-0.3, -0.25) is 10.1 Å². The molecule has 1 aromatic carbocycles. The molecule has 0 unspecified atom stereocenters. The zero-order chi connectivity index (χ0) is 13.8. The van der Waals surface area contributed by atoms with Crippen molar-refractivity contribution in [2.45, 2.75) is 44.5 Å². The molecule has 104 valence electrons. The maximum Gasteiger partial charge on any atom is 0.273 e. The lowest BCUT2D eigenvalue weighted by Gasteiger charge is -2.25. The summed E-state index contributed by atoms with van der Waals surface area (Å²) < 4.78 is 0. The van der Waals surface area contributed by atoms with Crippen LogP contribution in [-0.2, 0) is 5.88 Å². The molecule has 0 radical (unpaired) electrons. The van der Waals surface area contributed by atoms with Gasteiger partial charge >= 0.3 is 0 Å². The predicted molar refractivity (Wildman–Crippen MR) is 77.9 cm³/mol. The highest BCUT2D eigenvalue weighted by atomic mass is 35.5. The SMILES string of the molecule is CCCCN(c1ccc([N+](=O)[O-])c(CCl)c1)C1CC1. The van der Waals surface area contributed by atoms with Crippen LogP contribution in [0, 0.1) is 10.1 Å². The molecule has 0 amide bonds. The van der Waals surface area contributed by atoms with Crippen LogP contribution in [-0.4, -0.2) is 17.5 Å². The summed E-state index contributed by atoms with van der Waals surface area (Å²) in [5.41, 5.74) is 1.79. The predicted octanol–water partition coefficient (Wildman–Crippen LogP) is 4.10. The Morgan fingerprint density at radius 1 is 1.47 bits per heavy atom. The number of hydrogen-bond acceptors (Lipinski definition) is 3. The van der Waals surface area contributed by atoms with Crippen molar-refractivity contribution < 1.29 is 4.92 Å². The minimum atomic E-state index is -0.366. The van der Waals surface area contributed by atoms with Crippen LogP contribution in [0.2, 0.25) is 0 Å². The second-order valence-electron chi connectivity index (χ2n) is 4.98. The van der Waals surface area contributed by atoms with Crippen molar-refractivity contribution in [1.82, 2.24) is 0 Å². The van der Waals surface area contributed by atoms with Gasteiger partial charge in [-0.2, -0.15) is 0 Å². The van der Waals surface area contributed by atoms with E-state index in [1.165, 1.54) is 12.8 Å². The summed E-state index contributed by atoms with van der Waals surface area (Å²) in [5.74, 6) is 0.177. The van der Waals surface area contributed by atoms with Gasteiger partial charge in [-0.25, -0.2) is 0 Å². The van der Waals surface area contributed by atoms with Crippen molar-refractivity contribution in [3.05, 3.63) is 33.9 Å². The second-order valence-corrected chi connectivity index (χ2v) is 5.25. The summed E-state index contributed by atoms with van der Waals surface area (Å²) in [7, 11) is 0. The van der Waals surface area contributed by atoms with E-state index in [4.69, 9.17) is 11.6 Å². The molecular formula is C14H19ClN2O2. The fraction of sp³-hybridized carbons (Fsp3) is 0.571. The standard InChI is InChI=1S/C14H19ClN2O2/c1-2-3-8-16(12-4-5-12)13-6-7-14(17(18)19)11(9-13)10-15/h6-7,9,12H,2-5,8,10H2,1H3. The first-order valence-electron chi connectivity index (χ1n) is 6.77. The number of anilines is 1. The van der Waals surface area contributed by atoms with Gasteiger partial charge in [-0.05, 0) is 31.4 Å². The summed E-state index contributed by atoms with van der Waals surface area (Å²) in [6.45, 7) is 3.19. The largest absolute Gasteiger partial charge is 0.369 e. The number of halogens is 1. The first-order valence-corrected chi connectivity index (χ1v) is 7.30. The monoisotopic (exact) mass is 282 g/mol. The smallest absolute Gasteiger partial charge is 0.273 e. The van der Waals surface area contributed by atoms with E-state index in [-0.39, 0.29) is 16.5 Å². The second kappa shape index (κ2) is 6.24. The average Bonchev–Trinajstić information content (AvgIpc) is 3.23. The Hall–Kier alpha value is -1.29. The van der Waals surface area contributed by atoms with Crippen LogP contribution in [0.4, 0.5) is 11.4 Å². The van der Waals surface area contributed by atoms with E-state index in [1.807, 2.05) is 12.1 Å². The van der Waals surface area contributed by atoms with E-state index in [1.54, 1.807) is 6.07 Å².